The van der Waals surface area contributed by atoms with Gasteiger partial charge < -0.3 is 4.74 Å². The van der Waals surface area contributed by atoms with Crippen LogP contribution in [0.2, 0.25) is 0 Å². The van der Waals surface area contributed by atoms with Crippen LogP contribution in [0.4, 0.5) is 5.69 Å². The molecule has 5 heteroatoms. The summed E-state index contributed by atoms with van der Waals surface area (Å²) in [6.07, 6.45) is 2.92. The van der Waals surface area contributed by atoms with Crippen molar-refractivity contribution in [1.29, 1.82) is 0 Å². The molecule has 0 N–H and O–H groups in total. The number of rotatable bonds is 5. The summed E-state index contributed by atoms with van der Waals surface area (Å²) >= 11 is 0. The van der Waals surface area contributed by atoms with Gasteiger partial charge in [0.05, 0.1) is 11.5 Å². The van der Waals surface area contributed by atoms with Gasteiger partial charge in [0.15, 0.2) is 0 Å². The molecule has 0 fully saturated rings. The van der Waals surface area contributed by atoms with Crippen LogP contribution in [0.3, 0.4) is 0 Å². The fourth-order valence-electron chi connectivity index (χ4n) is 2.02. The van der Waals surface area contributed by atoms with Crippen molar-refractivity contribution in [1.82, 2.24) is 0 Å². The first-order valence-electron chi connectivity index (χ1n) is 6.80. The minimum absolute atomic E-state index is 0.00661. The molecule has 0 aliphatic heterocycles. The van der Waals surface area contributed by atoms with Crippen molar-refractivity contribution in [2.45, 2.75) is 6.92 Å². The van der Waals surface area contributed by atoms with Gasteiger partial charge in [0.1, 0.15) is 0 Å². The minimum Gasteiger partial charge on any atom is -0.463 e. The predicted octanol–water partition coefficient (Wildman–Crippen LogP) is 3.84. The molecule has 5 nitrogen and oxygen atoms in total. The molecule has 0 atom stereocenters. The van der Waals surface area contributed by atoms with Gasteiger partial charge >= 0.3 is 5.97 Å². The van der Waals surface area contributed by atoms with Crippen molar-refractivity contribution in [3.63, 3.8) is 0 Å². The number of hydrogen-bond donors (Lipinski definition) is 0. The molecule has 0 saturated carbocycles. The second-order valence-corrected chi connectivity index (χ2v) is 4.48. The molecule has 22 heavy (non-hydrogen) atoms. The van der Waals surface area contributed by atoms with Gasteiger partial charge in [0.25, 0.3) is 5.69 Å². The molecule has 2 rings (SSSR count). The van der Waals surface area contributed by atoms with Crippen molar-refractivity contribution >= 4 is 17.7 Å². The number of carbonyl (C=O) groups excluding carboxylic acids is 1. The van der Waals surface area contributed by atoms with E-state index in [1.165, 1.54) is 18.2 Å². The lowest BCUT2D eigenvalue weighted by Crippen LogP contribution is -1.99. The van der Waals surface area contributed by atoms with Crippen LogP contribution in [-0.2, 0) is 9.53 Å². The van der Waals surface area contributed by atoms with Crippen LogP contribution in [-0.4, -0.2) is 17.5 Å². The Morgan fingerprint density at radius 1 is 1.23 bits per heavy atom. The van der Waals surface area contributed by atoms with Gasteiger partial charge in [-0.1, -0.05) is 30.3 Å². The number of esters is 1. The Kier molecular flexibility index (Phi) is 5.03. The molecular formula is C17H15NO4. The number of nitro groups is 1. The smallest absolute Gasteiger partial charge is 0.330 e. The van der Waals surface area contributed by atoms with Crippen LogP contribution < -0.4 is 0 Å². The molecule has 0 aliphatic carbocycles. The van der Waals surface area contributed by atoms with Gasteiger partial charge in [0.2, 0.25) is 0 Å². The average molecular weight is 297 g/mol. The van der Waals surface area contributed by atoms with E-state index in [0.29, 0.717) is 17.7 Å². The van der Waals surface area contributed by atoms with Gasteiger partial charge in [-0.05, 0) is 35.8 Å². The highest BCUT2D eigenvalue weighted by atomic mass is 16.6. The van der Waals surface area contributed by atoms with Gasteiger partial charge in [-0.15, -0.1) is 0 Å². The molecule has 0 aliphatic rings. The topological polar surface area (TPSA) is 69.4 Å². The summed E-state index contributed by atoms with van der Waals surface area (Å²) in [6, 6.07) is 13.8. The zero-order valence-corrected chi connectivity index (χ0v) is 12.1. The van der Waals surface area contributed by atoms with Gasteiger partial charge in [0, 0.05) is 18.2 Å². The summed E-state index contributed by atoms with van der Waals surface area (Å²) in [7, 11) is 0. The molecule has 0 spiro atoms. The van der Waals surface area contributed by atoms with E-state index in [1.807, 2.05) is 30.3 Å². The van der Waals surface area contributed by atoms with E-state index in [0.717, 1.165) is 5.56 Å². The van der Waals surface area contributed by atoms with Crippen molar-refractivity contribution in [2.24, 2.45) is 0 Å². The molecule has 0 radical (unpaired) electrons. The molecule has 0 amide bonds. The van der Waals surface area contributed by atoms with Crippen LogP contribution in [0.5, 0.6) is 0 Å². The Morgan fingerprint density at radius 2 is 1.95 bits per heavy atom. The number of carbonyl (C=O) groups is 1. The van der Waals surface area contributed by atoms with E-state index in [4.69, 9.17) is 4.74 Å². The predicted molar refractivity (Wildman–Crippen MR) is 84.2 cm³/mol. The Morgan fingerprint density at radius 3 is 2.59 bits per heavy atom. The maximum Gasteiger partial charge on any atom is 0.330 e. The van der Waals surface area contributed by atoms with Gasteiger partial charge in [-0.25, -0.2) is 4.79 Å². The number of nitrogens with zero attached hydrogens (tertiary/aromatic N) is 1. The third kappa shape index (κ3) is 3.79. The number of hydrogen-bond acceptors (Lipinski definition) is 4. The molecule has 0 unspecified atom stereocenters. The summed E-state index contributed by atoms with van der Waals surface area (Å²) in [6.45, 7) is 2.03. The molecule has 0 heterocycles. The van der Waals surface area contributed by atoms with E-state index in [9.17, 15) is 14.9 Å². The largest absolute Gasteiger partial charge is 0.463 e. The Labute approximate surface area is 128 Å². The lowest BCUT2D eigenvalue weighted by molar-refractivity contribution is -0.384. The molecular weight excluding hydrogens is 282 g/mol. The summed E-state index contributed by atoms with van der Waals surface area (Å²) in [5.74, 6) is -0.445. The van der Waals surface area contributed by atoms with E-state index < -0.39 is 10.9 Å². The maximum absolute atomic E-state index is 11.4. The summed E-state index contributed by atoms with van der Waals surface area (Å²) in [5.41, 5.74) is 2.25. The monoisotopic (exact) mass is 297 g/mol. The zero-order chi connectivity index (χ0) is 15.9. The van der Waals surface area contributed by atoms with Crippen LogP contribution in [0.25, 0.3) is 17.2 Å². The van der Waals surface area contributed by atoms with Crippen LogP contribution in [0, 0.1) is 10.1 Å². The van der Waals surface area contributed by atoms with E-state index in [1.54, 1.807) is 19.1 Å². The minimum atomic E-state index is -0.445. The summed E-state index contributed by atoms with van der Waals surface area (Å²) in [5, 5.41) is 11.0. The van der Waals surface area contributed by atoms with Gasteiger partial charge in [-0.3, -0.25) is 10.1 Å². The van der Waals surface area contributed by atoms with Gasteiger partial charge in [-0.2, -0.15) is 0 Å². The number of ether oxygens (including phenoxy) is 1. The first kappa shape index (κ1) is 15.4. The second-order valence-electron chi connectivity index (χ2n) is 4.48. The third-order valence-electron chi connectivity index (χ3n) is 3.02. The molecule has 2 aromatic carbocycles. The molecule has 0 saturated heterocycles. The lowest BCUT2D eigenvalue weighted by atomic mass is 9.98. The Hall–Kier alpha value is -2.95. The fourth-order valence-corrected chi connectivity index (χ4v) is 2.02. The van der Waals surface area contributed by atoms with Crippen molar-refractivity contribution in [3.05, 3.63) is 70.3 Å². The van der Waals surface area contributed by atoms with E-state index in [2.05, 4.69) is 0 Å². The average Bonchev–Trinajstić information content (AvgIpc) is 2.54. The van der Waals surface area contributed by atoms with Crippen LogP contribution in [0.15, 0.2) is 54.6 Å². The Bertz CT molecular complexity index is 708. The van der Waals surface area contributed by atoms with E-state index >= 15 is 0 Å². The summed E-state index contributed by atoms with van der Waals surface area (Å²) < 4.78 is 4.84. The highest BCUT2D eigenvalue weighted by molar-refractivity contribution is 5.89. The molecule has 112 valence electrons. The maximum atomic E-state index is 11.4. The quantitative estimate of drug-likeness (QED) is 0.364. The third-order valence-corrected chi connectivity index (χ3v) is 3.02. The Balaban J connectivity index is 2.45. The first-order valence-corrected chi connectivity index (χ1v) is 6.80. The standard InChI is InChI=1S/C17H15NO4/c1-2-22-17(19)11-9-14-8-10-15(18(20)21)12-16(14)13-6-4-3-5-7-13/h3-12H,2H2,1H3. The SMILES string of the molecule is CCOC(=O)C=Cc1ccc([N+](=O)[O-])cc1-c1ccccc1. The lowest BCUT2D eigenvalue weighted by Gasteiger charge is -2.06. The second kappa shape index (κ2) is 7.17. The van der Waals surface area contributed by atoms with Crippen molar-refractivity contribution in [2.75, 3.05) is 6.61 Å². The van der Waals surface area contributed by atoms with Crippen molar-refractivity contribution in [3.8, 4) is 11.1 Å². The highest BCUT2D eigenvalue weighted by Crippen LogP contribution is 2.28. The van der Waals surface area contributed by atoms with Crippen LogP contribution in [0.1, 0.15) is 12.5 Å². The molecule has 0 aromatic heterocycles. The number of benzene rings is 2. The number of nitro benzene ring substituents is 1. The normalized spacial score (nSPS) is 10.6. The summed E-state index contributed by atoms with van der Waals surface area (Å²) in [4.78, 5) is 21.9. The van der Waals surface area contributed by atoms with Crippen molar-refractivity contribution < 1.29 is 14.5 Å². The zero-order valence-electron chi connectivity index (χ0n) is 12.1. The number of non-ortho nitro benzene ring substituents is 1. The van der Waals surface area contributed by atoms with Crippen LogP contribution >= 0.6 is 0 Å². The molecule has 2 aromatic rings. The molecule has 0 bridgehead atoms. The first-order chi connectivity index (χ1) is 10.6. The van der Waals surface area contributed by atoms with E-state index in [-0.39, 0.29) is 5.69 Å². The fraction of sp³-hybridized carbons (Fsp3) is 0.118. The highest BCUT2D eigenvalue weighted by Gasteiger charge is 2.11.